The molecule has 1 aliphatic rings. The summed E-state index contributed by atoms with van der Waals surface area (Å²) in [4.78, 5) is 8.06. The summed E-state index contributed by atoms with van der Waals surface area (Å²) < 4.78 is 38.6. The number of aliphatic imine (C=N–C) groups is 1. The molecule has 2 N–H and O–H groups in total. The van der Waals surface area contributed by atoms with E-state index in [9.17, 15) is 18.3 Å². The van der Waals surface area contributed by atoms with Crippen molar-refractivity contribution in [2.45, 2.75) is 39.2 Å². The molecular weight excluding hydrogens is 345 g/mol. The normalized spacial score (nSPS) is 18.1. The molecule has 8 heteroatoms. The highest BCUT2D eigenvalue weighted by Crippen LogP contribution is 2.25. The van der Waals surface area contributed by atoms with Crippen molar-refractivity contribution in [2.24, 2.45) is 4.99 Å². The fourth-order valence-electron chi connectivity index (χ4n) is 2.98. The molecule has 0 aliphatic carbocycles. The molecule has 0 aromatic heterocycles. The molecule has 5 nitrogen and oxygen atoms in total. The average Bonchev–Trinajstić information content (AvgIpc) is 2.64. The predicted molar refractivity (Wildman–Crippen MR) is 95.8 cm³/mol. The summed E-state index contributed by atoms with van der Waals surface area (Å²) in [5.41, 5.74) is 1.77. The molecule has 0 radical (unpaired) electrons. The third kappa shape index (κ3) is 5.35. The molecule has 1 aromatic rings. The molecule has 26 heavy (non-hydrogen) atoms. The van der Waals surface area contributed by atoms with Crippen LogP contribution in [0.25, 0.3) is 0 Å². The van der Waals surface area contributed by atoms with Crippen LogP contribution >= 0.6 is 0 Å². The number of hydrogen-bond acceptors (Lipinski definition) is 3. The highest BCUT2D eigenvalue weighted by molar-refractivity contribution is 5.80. The largest absolute Gasteiger partial charge is 0.403 e. The number of alkyl halides is 3. The number of guanidine groups is 1. The van der Waals surface area contributed by atoms with E-state index >= 15 is 0 Å². The zero-order valence-corrected chi connectivity index (χ0v) is 15.3. The first-order chi connectivity index (χ1) is 12.4. The van der Waals surface area contributed by atoms with Crippen LogP contribution in [0.5, 0.6) is 0 Å². The fraction of sp³-hybridized carbons (Fsp3) is 0.611. The van der Waals surface area contributed by atoms with Gasteiger partial charge in [0.2, 0.25) is 0 Å². The van der Waals surface area contributed by atoms with Gasteiger partial charge in [0.05, 0.1) is 13.2 Å². The minimum atomic E-state index is -4.20. The molecule has 0 spiro atoms. The summed E-state index contributed by atoms with van der Waals surface area (Å²) in [5, 5.41) is 12.6. The lowest BCUT2D eigenvalue weighted by atomic mass is 10.1. The van der Waals surface area contributed by atoms with Crippen LogP contribution in [0.3, 0.4) is 0 Å². The van der Waals surface area contributed by atoms with E-state index in [0.717, 1.165) is 11.1 Å². The molecule has 146 valence electrons. The molecule has 1 aliphatic heterocycles. The van der Waals surface area contributed by atoms with Crippen molar-refractivity contribution in [2.75, 3.05) is 32.7 Å². The lowest BCUT2D eigenvalue weighted by Crippen LogP contribution is -2.56. The van der Waals surface area contributed by atoms with Gasteiger partial charge in [-0.1, -0.05) is 24.3 Å². The zero-order valence-electron chi connectivity index (χ0n) is 15.3. The van der Waals surface area contributed by atoms with E-state index in [1.807, 2.05) is 36.1 Å². The Kier molecular flexibility index (Phi) is 7.28. The van der Waals surface area contributed by atoms with Crippen molar-refractivity contribution in [1.29, 1.82) is 0 Å². The Bertz CT molecular complexity index is 598. The van der Waals surface area contributed by atoms with Crippen LogP contribution in [0.2, 0.25) is 0 Å². The Labute approximate surface area is 152 Å². The second kappa shape index (κ2) is 9.23. The van der Waals surface area contributed by atoms with Crippen LogP contribution in [0.1, 0.15) is 25.0 Å². The first kappa shape index (κ1) is 20.5. The van der Waals surface area contributed by atoms with Gasteiger partial charge in [0, 0.05) is 32.7 Å². The molecule has 1 unspecified atom stereocenters. The minimum Gasteiger partial charge on any atom is -0.392 e. The summed E-state index contributed by atoms with van der Waals surface area (Å²) in [5.74, 6) is 0.694. The summed E-state index contributed by atoms with van der Waals surface area (Å²) in [6.07, 6.45) is -4.20. The minimum absolute atomic E-state index is 0.0454. The third-order valence-corrected chi connectivity index (χ3v) is 4.66. The molecule has 1 heterocycles. The van der Waals surface area contributed by atoms with Gasteiger partial charge in [0.1, 0.15) is 6.04 Å². The maximum Gasteiger partial charge on any atom is 0.403 e. The first-order valence-corrected chi connectivity index (χ1v) is 8.88. The fourth-order valence-corrected chi connectivity index (χ4v) is 2.98. The lowest BCUT2D eigenvalue weighted by molar-refractivity contribution is -0.181. The van der Waals surface area contributed by atoms with Crippen LogP contribution in [-0.2, 0) is 13.2 Å². The van der Waals surface area contributed by atoms with Gasteiger partial charge < -0.3 is 15.3 Å². The number of aliphatic hydroxyl groups is 1. The van der Waals surface area contributed by atoms with E-state index in [2.05, 4.69) is 10.3 Å². The van der Waals surface area contributed by atoms with E-state index < -0.39 is 12.2 Å². The van der Waals surface area contributed by atoms with Crippen LogP contribution in [0, 0.1) is 0 Å². The molecule has 1 aromatic carbocycles. The van der Waals surface area contributed by atoms with Crippen molar-refractivity contribution in [3.63, 3.8) is 0 Å². The standard InChI is InChI=1S/C18H27F3N4O/c1-3-22-17(23-12-15-6-4-5-7-16(15)13-26)25-10-8-24(9-11-25)14(2)18(19,20)21/h4-7,14,26H,3,8-13H2,1-2H3,(H,22,23). The summed E-state index contributed by atoms with van der Waals surface area (Å²) >= 11 is 0. The molecule has 1 atom stereocenters. The summed E-state index contributed by atoms with van der Waals surface area (Å²) in [6.45, 7) is 5.90. The molecule has 0 amide bonds. The molecule has 1 fully saturated rings. The van der Waals surface area contributed by atoms with Gasteiger partial charge >= 0.3 is 6.18 Å². The Balaban J connectivity index is 2.02. The number of nitrogens with zero attached hydrogens (tertiary/aromatic N) is 3. The smallest absolute Gasteiger partial charge is 0.392 e. The number of piperazine rings is 1. The van der Waals surface area contributed by atoms with E-state index in [1.54, 1.807) is 0 Å². The maximum absolute atomic E-state index is 12.9. The number of aliphatic hydroxyl groups excluding tert-OH is 1. The monoisotopic (exact) mass is 372 g/mol. The second-order valence-corrected chi connectivity index (χ2v) is 6.34. The van der Waals surface area contributed by atoms with E-state index in [4.69, 9.17) is 0 Å². The Morgan fingerprint density at radius 1 is 1.19 bits per heavy atom. The highest BCUT2D eigenvalue weighted by atomic mass is 19.4. The number of hydrogen-bond donors (Lipinski definition) is 2. The van der Waals surface area contributed by atoms with Crippen molar-refractivity contribution >= 4 is 5.96 Å². The molecule has 1 saturated heterocycles. The summed E-state index contributed by atoms with van der Waals surface area (Å²) in [6, 6.07) is 6.11. The first-order valence-electron chi connectivity index (χ1n) is 8.88. The number of halogens is 3. The summed E-state index contributed by atoms with van der Waals surface area (Å²) in [7, 11) is 0. The SMILES string of the molecule is CCNC(=NCc1ccccc1CO)N1CCN(C(C)C(F)(F)F)CC1. The van der Waals surface area contributed by atoms with Crippen molar-refractivity contribution in [3.8, 4) is 0 Å². The molecule has 0 bridgehead atoms. The van der Waals surface area contributed by atoms with Gasteiger partial charge in [0.25, 0.3) is 0 Å². The molecule has 2 rings (SSSR count). The topological polar surface area (TPSA) is 51.1 Å². The van der Waals surface area contributed by atoms with Gasteiger partial charge in [0.15, 0.2) is 5.96 Å². The average molecular weight is 372 g/mol. The Morgan fingerprint density at radius 2 is 1.81 bits per heavy atom. The molecular formula is C18H27F3N4O. The number of benzene rings is 1. The highest BCUT2D eigenvalue weighted by Gasteiger charge is 2.41. The van der Waals surface area contributed by atoms with Crippen LogP contribution < -0.4 is 5.32 Å². The van der Waals surface area contributed by atoms with Crippen LogP contribution in [-0.4, -0.2) is 65.8 Å². The van der Waals surface area contributed by atoms with Crippen molar-refractivity contribution < 1.29 is 18.3 Å². The quantitative estimate of drug-likeness (QED) is 0.615. The van der Waals surface area contributed by atoms with Gasteiger partial charge in [-0.05, 0) is 25.0 Å². The number of nitrogens with one attached hydrogen (secondary N) is 1. The van der Waals surface area contributed by atoms with Crippen LogP contribution in [0.15, 0.2) is 29.3 Å². The Morgan fingerprint density at radius 3 is 2.35 bits per heavy atom. The second-order valence-electron chi connectivity index (χ2n) is 6.34. The zero-order chi connectivity index (χ0) is 19.2. The third-order valence-electron chi connectivity index (χ3n) is 4.66. The van der Waals surface area contributed by atoms with Crippen molar-refractivity contribution in [3.05, 3.63) is 35.4 Å². The van der Waals surface area contributed by atoms with Gasteiger partial charge in [-0.3, -0.25) is 4.90 Å². The predicted octanol–water partition coefficient (Wildman–Crippen LogP) is 2.21. The Hall–Kier alpha value is -1.80. The van der Waals surface area contributed by atoms with Gasteiger partial charge in [-0.2, -0.15) is 13.2 Å². The van der Waals surface area contributed by atoms with Crippen molar-refractivity contribution in [1.82, 2.24) is 15.1 Å². The lowest BCUT2D eigenvalue weighted by Gasteiger charge is -2.39. The van der Waals surface area contributed by atoms with E-state index in [0.29, 0.717) is 45.2 Å². The van der Waals surface area contributed by atoms with Crippen LogP contribution in [0.4, 0.5) is 13.2 Å². The number of rotatable bonds is 5. The van der Waals surface area contributed by atoms with E-state index in [-0.39, 0.29) is 6.61 Å². The molecule has 0 saturated carbocycles. The van der Waals surface area contributed by atoms with E-state index in [1.165, 1.54) is 11.8 Å². The maximum atomic E-state index is 12.9. The van der Waals surface area contributed by atoms with Gasteiger partial charge in [-0.15, -0.1) is 0 Å². The van der Waals surface area contributed by atoms with Gasteiger partial charge in [-0.25, -0.2) is 4.99 Å².